The van der Waals surface area contributed by atoms with Gasteiger partial charge in [0.2, 0.25) is 0 Å². The first-order valence-corrected chi connectivity index (χ1v) is 4.06. The number of aliphatic hydroxyl groups is 1. The van der Waals surface area contributed by atoms with Crippen LogP contribution in [0.5, 0.6) is 0 Å². The van der Waals surface area contributed by atoms with Crippen LogP contribution < -0.4 is 0 Å². The molecular formula is C5H9Cl3O. The molecule has 2 atom stereocenters. The molecule has 0 aromatic rings. The average molecular weight is 191 g/mol. The van der Waals surface area contributed by atoms with Gasteiger partial charge in [-0.3, -0.25) is 0 Å². The molecule has 0 spiro atoms. The van der Waals surface area contributed by atoms with Gasteiger partial charge >= 0.3 is 0 Å². The van der Waals surface area contributed by atoms with Crippen molar-refractivity contribution in [2.75, 3.05) is 12.5 Å². The third-order valence-electron chi connectivity index (χ3n) is 0.877. The molecule has 0 rings (SSSR count). The van der Waals surface area contributed by atoms with E-state index in [1.54, 1.807) is 0 Å². The monoisotopic (exact) mass is 190 g/mol. The fourth-order valence-electron chi connectivity index (χ4n) is 0.415. The predicted molar refractivity (Wildman–Crippen MR) is 41.7 cm³/mol. The lowest BCUT2D eigenvalue weighted by atomic mass is 10.2. The summed E-state index contributed by atoms with van der Waals surface area (Å²) in [5.74, 6) is 0.380. The zero-order chi connectivity index (χ0) is 7.28. The fourth-order valence-corrected chi connectivity index (χ4v) is 1.06. The molecule has 4 heteroatoms. The van der Waals surface area contributed by atoms with Crippen LogP contribution in [-0.2, 0) is 0 Å². The van der Waals surface area contributed by atoms with Crippen molar-refractivity contribution in [3.63, 3.8) is 0 Å². The second-order valence-corrected chi connectivity index (χ2v) is 3.31. The molecule has 0 bridgehead atoms. The molecule has 56 valence electrons. The summed E-state index contributed by atoms with van der Waals surface area (Å²) >= 11 is 16.5. The van der Waals surface area contributed by atoms with Crippen molar-refractivity contribution in [2.45, 2.75) is 17.2 Å². The lowest BCUT2D eigenvalue weighted by molar-refractivity contribution is 0.288. The van der Waals surface area contributed by atoms with E-state index in [1.807, 2.05) is 0 Å². The quantitative estimate of drug-likeness (QED) is 0.672. The van der Waals surface area contributed by atoms with Crippen molar-refractivity contribution in [2.24, 2.45) is 0 Å². The van der Waals surface area contributed by atoms with Gasteiger partial charge in [0, 0.05) is 11.3 Å². The molecule has 9 heavy (non-hydrogen) atoms. The van der Waals surface area contributed by atoms with Gasteiger partial charge in [-0.05, 0) is 6.42 Å². The van der Waals surface area contributed by atoms with Crippen LogP contribution in [-0.4, -0.2) is 28.3 Å². The molecule has 1 nitrogen and oxygen atoms in total. The maximum Gasteiger partial charge on any atom is 0.0595 e. The van der Waals surface area contributed by atoms with Crippen LogP contribution in [0, 0.1) is 0 Å². The first kappa shape index (κ1) is 9.83. The second kappa shape index (κ2) is 5.60. The summed E-state index contributed by atoms with van der Waals surface area (Å²) in [4.78, 5) is 0. The van der Waals surface area contributed by atoms with E-state index in [0.29, 0.717) is 12.3 Å². The largest absolute Gasteiger partial charge is 0.395 e. The van der Waals surface area contributed by atoms with Crippen LogP contribution >= 0.6 is 34.8 Å². The van der Waals surface area contributed by atoms with E-state index in [1.165, 1.54) is 0 Å². The summed E-state index contributed by atoms with van der Waals surface area (Å²) in [6.45, 7) is -0.0400. The van der Waals surface area contributed by atoms with E-state index >= 15 is 0 Å². The summed E-state index contributed by atoms with van der Waals surface area (Å²) in [5.41, 5.74) is 0. The summed E-state index contributed by atoms with van der Waals surface area (Å²) in [6, 6.07) is 0. The molecule has 0 unspecified atom stereocenters. The molecule has 0 radical (unpaired) electrons. The molecule has 0 saturated heterocycles. The Morgan fingerprint density at radius 2 is 1.78 bits per heavy atom. The minimum atomic E-state index is -0.258. The average Bonchev–Trinajstić information content (AvgIpc) is 1.87. The maximum absolute atomic E-state index is 8.45. The molecule has 0 aliphatic rings. The minimum absolute atomic E-state index is 0.0400. The summed E-state index contributed by atoms with van der Waals surface area (Å²) in [7, 11) is 0. The van der Waals surface area contributed by atoms with E-state index in [4.69, 9.17) is 39.9 Å². The Labute approximate surface area is 69.9 Å². The Bertz CT molecular complexity index is 61.2. The number of rotatable bonds is 4. The zero-order valence-electron chi connectivity index (χ0n) is 4.86. The van der Waals surface area contributed by atoms with Gasteiger partial charge in [0.05, 0.1) is 12.0 Å². The number of hydrogen-bond acceptors (Lipinski definition) is 1. The third kappa shape index (κ3) is 5.28. The topological polar surface area (TPSA) is 20.2 Å². The van der Waals surface area contributed by atoms with E-state index in [2.05, 4.69) is 0 Å². The highest BCUT2D eigenvalue weighted by Gasteiger charge is 2.09. The first-order chi connectivity index (χ1) is 4.20. The van der Waals surface area contributed by atoms with E-state index < -0.39 is 0 Å². The molecule has 0 aliphatic heterocycles. The third-order valence-corrected chi connectivity index (χ3v) is 2.06. The van der Waals surface area contributed by atoms with Gasteiger partial charge < -0.3 is 5.11 Å². The molecule has 0 aromatic carbocycles. The molecule has 0 aromatic heterocycles. The maximum atomic E-state index is 8.45. The molecule has 0 aliphatic carbocycles. The van der Waals surface area contributed by atoms with Crippen LogP contribution in [0.1, 0.15) is 6.42 Å². The Hall–Kier alpha value is 0.830. The van der Waals surface area contributed by atoms with Gasteiger partial charge in [-0.15, -0.1) is 34.8 Å². The number of alkyl halides is 3. The summed E-state index contributed by atoms with van der Waals surface area (Å²) < 4.78 is 0. The molecule has 1 N–H and O–H groups in total. The van der Waals surface area contributed by atoms with Gasteiger partial charge in [0.1, 0.15) is 0 Å². The molecule has 0 heterocycles. The van der Waals surface area contributed by atoms with Gasteiger partial charge in [-0.1, -0.05) is 0 Å². The number of aliphatic hydroxyl groups excluding tert-OH is 1. The highest BCUT2D eigenvalue weighted by atomic mass is 35.5. The Morgan fingerprint density at radius 3 is 2.11 bits per heavy atom. The van der Waals surface area contributed by atoms with Crippen molar-refractivity contribution in [1.29, 1.82) is 0 Å². The van der Waals surface area contributed by atoms with Gasteiger partial charge in [-0.25, -0.2) is 0 Å². The van der Waals surface area contributed by atoms with Crippen molar-refractivity contribution in [3.8, 4) is 0 Å². The predicted octanol–water partition coefficient (Wildman–Crippen LogP) is 1.82. The summed E-state index contributed by atoms with van der Waals surface area (Å²) in [6.07, 6.45) is 0.559. The Morgan fingerprint density at radius 1 is 1.22 bits per heavy atom. The molecule has 0 fully saturated rings. The van der Waals surface area contributed by atoms with Crippen molar-refractivity contribution >= 4 is 34.8 Å². The van der Waals surface area contributed by atoms with Gasteiger partial charge in [0.15, 0.2) is 0 Å². The van der Waals surface area contributed by atoms with Gasteiger partial charge in [-0.2, -0.15) is 0 Å². The molecule has 0 saturated carbocycles. The zero-order valence-corrected chi connectivity index (χ0v) is 7.12. The summed E-state index contributed by atoms with van der Waals surface area (Å²) in [5, 5.41) is 8.06. The minimum Gasteiger partial charge on any atom is -0.395 e. The van der Waals surface area contributed by atoms with Crippen molar-refractivity contribution < 1.29 is 5.11 Å². The van der Waals surface area contributed by atoms with Crippen LogP contribution in [0.3, 0.4) is 0 Å². The van der Waals surface area contributed by atoms with E-state index in [9.17, 15) is 0 Å². The van der Waals surface area contributed by atoms with Gasteiger partial charge in [0.25, 0.3) is 0 Å². The smallest absolute Gasteiger partial charge is 0.0595 e. The lowest BCUT2D eigenvalue weighted by Crippen LogP contribution is -2.12. The van der Waals surface area contributed by atoms with Crippen LogP contribution in [0.25, 0.3) is 0 Å². The standard InChI is InChI=1S/C5H9Cl3O/c6-2-4(7)1-5(8)3-9/h4-5,9H,1-3H2/t4-,5-/m1/s1. The Kier molecular flexibility index (Phi) is 6.12. The van der Waals surface area contributed by atoms with Crippen molar-refractivity contribution in [1.82, 2.24) is 0 Å². The number of hydrogen-bond donors (Lipinski definition) is 1. The highest BCUT2D eigenvalue weighted by Crippen LogP contribution is 2.11. The highest BCUT2D eigenvalue weighted by molar-refractivity contribution is 6.28. The Balaban J connectivity index is 3.22. The van der Waals surface area contributed by atoms with Crippen LogP contribution in [0.2, 0.25) is 0 Å². The van der Waals surface area contributed by atoms with Crippen LogP contribution in [0.15, 0.2) is 0 Å². The van der Waals surface area contributed by atoms with E-state index in [0.717, 1.165) is 0 Å². The van der Waals surface area contributed by atoms with Crippen LogP contribution in [0.4, 0.5) is 0 Å². The number of halogens is 3. The first-order valence-electron chi connectivity index (χ1n) is 2.65. The molecular weight excluding hydrogens is 182 g/mol. The fraction of sp³-hybridized carbons (Fsp3) is 1.00. The normalized spacial score (nSPS) is 17.3. The second-order valence-electron chi connectivity index (χ2n) is 1.77. The SMILES string of the molecule is OC[C@H](Cl)C[C@@H](Cl)CCl. The van der Waals surface area contributed by atoms with Crippen molar-refractivity contribution in [3.05, 3.63) is 0 Å². The lowest BCUT2D eigenvalue weighted by Gasteiger charge is -2.07. The van der Waals surface area contributed by atoms with E-state index in [-0.39, 0.29) is 17.4 Å². The molecule has 0 amide bonds.